The monoisotopic (exact) mass is 324 g/mol. The van der Waals surface area contributed by atoms with Gasteiger partial charge in [-0.15, -0.1) is 16.8 Å². The Morgan fingerprint density at radius 1 is 1.46 bits per heavy atom. The standard InChI is InChI=1S/C16H16N6O2/c1-2-6-17-14(23)9-13-20-19-12-8-11(5-7-22(12)13)16-18-15(21-24-16)10-3-4-10/h2,5,7-8,10H,1,3-4,6,9H2,(H,17,23). The molecular formula is C16H16N6O2. The van der Waals surface area contributed by atoms with Crippen LogP contribution in [0.25, 0.3) is 17.1 Å². The van der Waals surface area contributed by atoms with Gasteiger partial charge in [-0.3, -0.25) is 9.20 Å². The number of pyridine rings is 1. The fraction of sp³-hybridized carbons (Fsp3) is 0.312. The third kappa shape index (κ3) is 2.78. The lowest BCUT2D eigenvalue weighted by Crippen LogP contribution is -2.25. The van der Waals surface area contributed by atoms with Crippen LogP contribution in [0.15, 0.2) is 35.5 Å². The topological polar surface area (TPSA) is 98.2 Å². The van der Waals surface area contributed by atoms with Crippen LogP contribution in [0.1, 0.15) is 30.4 Å². The summed E-state index contributed by atoms with van der Waals surface area (Å²) in [4.78, 5) is 16.2. The molecule has 1 N–H and O–H groups in total. The smallest absolute Gasteiger partial charge is 0.258 e. The summed E-state index contributed by atoms with van der Waals surface area (Å²) in [6.07, 6.45) is 5.84. The first kappa shape index (κ1) is 14.6. The number of fused-ring (bicyclic) bond motifs is 1. The van der Waals surface area contributed by atoms with Crippen molar-refractivity contribution in [2.45, 2.75) is 25.2 Å². The van der Waals surface area contributed by atoms with Crippen molar-refractivity contribution in [1.29, 1.82) is 0 Å². The highest BCUT2D eigenvalue weighted by molar-refractivity contribution is 5.78. The number of carbonyl (C=O) groups is 1. The number of hydrogen-bond donors (Lipinski definition) is 1. The number of aromatic nitrogens is 5. The summed E-state index contributed by atoms with van der Waals surface area (Å²) < 4.78 is 7.10. The van der Waals surface area contributed by atoms with Crippen molar-refractivity contribution in [2.24, 2.45) is 0 Å². The maximum absolute atomic E-state index is 11.8. The van der Waals surface area contributed by atoms with E-state index < -0.39 is 0 Å². The van der Waals surface area contributed by atoms with Gasteiger partial charge in [-0.1, -0.05) is 11.2 Å². The lowest BCUT2D eigenvalue weighted by atomic mass is 10.2. The molecule has 8 nitrogen and oxygen atoms in total. The van der Waals surface area contributed by atoms with Gasteiger partial charge < -0.3 is 9.84 Å². The fourth-order valence-corrected chi connectivity index (χ4v) is 2.45. The van der Waals surface area contributed by atoms with Crippen molar-refractivity contribution in [3.63, 3.8) is 0 Å². The largest absolute Gasteiger partial charge is 0.352 e. The van der Waals surface area contributed by atoms with E-state index in [-0.39, 0.29) is 12.3 Å². The Bertz CT molecular complexity index is 908. The second-order valence-corrected chi connectivity index (χ2v) is 5.76. The van der Waals surface area contributed by atoms with Crippen LogP contribution in [0, 0.1) is 0 Å². The summed E-state index contributed by atoms with van der Waals surface area (Å²) in [6.45, 7) is 4.00. The Hall–Kier alpha value is -3.03. The van der Waals surface area contributed by atoms with Crippen LogP contribution in [0.2, 0.25) is 0 Å². The van der Waals surface area contributed by atoms with E-state index >= 15 is 0 Å². The third-order valence-electron chi connectivity index (χ3n) is 3.87. The first-order chi connectivity index (χ1) is 11.7. The highest BCUT2D eigenvalue weighted by Gasteiger charge is 2.29. The number of carbonyl (C=O) groups excluding carboxylic acids is 1. The van der Waals surface area contributed by atoms with Crippen LogP contribution in [0.4, 0.5) is 0 Å². The average molecular weight is 324 g/mol. The SMILES string of the molecule is C=CCNC(=O)Cc1nnc2cc(-c3nc(C4CC4)no3)ccn12. The summed E-state index contributed by atoms with van der Waals surface area (Å²) in [7, 11) is 0. The predicted octanol–water partition coefficient (Wildman–Crippen LogP) is 1.50. The molecule has 0 radical (unpaired) electrons. The molecule has 122 valence electrons. The van der Waals surface area contributed by atoms with Crippen molar-refractivity contribution >= 4 is 11.6 Å². The van der Waals surface area contributed by atoms with Gasteiger partial charge in [-0.2, -0.15) is 4.98 Å². The number of rotatable bonds is 6. The van der Waals surface area contributed by atoms with Gasteiger partial charge in [0.1, 0.15) is 5.82 Å². The Kier molecular flexibility index (Phi) is 3.56. The molecule has 1 fully saturated rings. The molecule has 0 aliphatic heterocycles. The van der Waals surface area contributed by atoms with Crippen LogP contribution in [-0.2, 0) is 11.2 Å². The van der Waals surface area contributed by atoms with Gasteiger partial charge in [0.2, 0.25) is 5.91 Å². The lowest BCUT2D eigenvalue weighted by Gasteiger charge is -2.02. The molecule has 24 heavy (non-hydrogen) atoms. The Morgan fingerprint density at radius 2 is 2.33 bits per heavy atom. The average Bonchev–Trinajstić information content (AvgIpc) is 3.19. The van der Waals surface area contributed by atoms with Crippen molar-refractivity contribution < 1.29 is 9.32 Å². The highest BCUT2D eigenvalue weighted by Crippen LogP contribution is 2.38. The van der Waals surface area contributed by atoms with E-state index in [0.717, 1.165) is 24.2 Å². The van der Waals surface area contributed by atoms with E-state index in [1.165, 1.54) is 0 Å². The zero-order chi connectivity index (χ0) is 16.5. The molecule has 0 aromatic carbocycles. The minimum atomic E-state index is -0.126. The van der Waals surface area contributed by atoms with Gasteiger partial charge in [-0.25, -0.2) is 0 Å². The van der Waals surface area contributed by atoms with Gasteiger partial charge in [0.15, 0.2) is 11.5 Å². The van der Waals surface area contributed by atoms with Crippen LogP contribution in [-0.4, -0.2) is 37.2 Å². The number of amides is 1. The number of nitrogens with one attached hydrogen (secondary N) is 1. The molecule has 0 saturated heterocycles. The van der Waals surface area contributed by atoms with Gasteiger partial charge in [0.05, 0.1) is 6.42 Å². The molecule has 4 rings (SSSR count). The van der Waals surface area contributed by atoms with Crippen LogP contribution in [0.5, 0.6) is 0 Å². The minimum Gasteiger partial charge on any atom is -0.352 e. The molecule has 3 heterocycles. The molecule has 0 bridgehead atoms. The van der Waals surface area contributed by atoms with Crippen LogP contribution >= 0.6 is 0 Å². The predicted molar refractivity (Wildman–Crippen MR) is 85.2 cm³/mol. The molecular weight excluding hydrogens is 308 g/mol. The fourth-order valence-electron chi connectivity index (χ4n) is 2.45. The number of nitrogens with zero attached hydrogens (tertiary/aromatic N) is 5. The van der Waals surface area contributed by atoms with Gasteiger partial charge in [-0.05, 0) is 25.0 Å². The van der Waals surface area contributed by atoms with E-state index in [4.69, 9.17) is 4.52 Å². The van der Waals surface area contributed by atoms with Crippen LogP contribution < -0.4 is 5.32 Å². The zero-order valence-corrected chi connectivity index (χ0v) is 13.0. The van der Waals surface area contributed by atoms with Crippen molar-refractivity contribution in [3.05, 3.63) is 42.6 Å². The van der Waals surface area contributed by atoms with E-state index in [0.29, 0.717) is 29.8 Å². The zero-order valence-electron chi connectivity index (χ0n) is 13.0. The van der Waals surface area contributed by atoms with Crippen LogP contribution in [0.3, 0.4) is 0 Å². The molecule has 0 spiro atoms. The van der Waals surface area contributed by atoms with Gasteiger partial charge in [0.25, 0.3) is 5.89 Å². The molecule has 1 amide bonds. The molecule has 1 aliphatic rings. The normalized spacial score (nSPS) is 14.0. The Balaban J connectivity index is 1.57. The van der Waals surface area contributed by atoms with E-state index in [1.807, 2.05) is 18.3 Å². The summed E-state index contributed by atoms with van der Waals surface area (Å²) in [5, 5.41) is 14.9. The summed E-state index contributed by atoms with van der Waals surface area (Å²) >= 11 is 0. The molecule has 3 aromatic heterocycles. The van der Waals surface area contributed by atoms with Gasteiger partial charge in [0, 0.05) is 24.2 Å². The van der Waals surface area contributed by atoms with Gasteiger partial charge >= 0.3 is 0 Å². The Morgan fingerprint density at radius 3 is 3.12 bits per heavy atom. The maximum Gasteiger partial charge on any atom is 0.258 e. The molecule has 0 unspecified atom stereocenters. The van der Waals surface area contributed by atoms with E-state index in [1.54, 1.807) is 10.5 Å². The summed E-state index contributed by atoms with van der Waals surface area (Å²) in [5.41, 5.74) is 1.42. The Labute approximate surface area is 137 Å². The van der Waals surface area contributed by atoms with Crippen molar-refractivity contribution in [3.8, 4) is 11.5 Å². The first-order valence-corrected chi connectivity index (χ1v) is 7.80. The molecule has 1 saturated carbocycles. The molecule has 0 atom stereocenters. The highest BCUT2D eigenvalue weighted by atomic mass is 16.5. The third-order valence-corrected chi connectivity index (χ3v) is 3.87. The summed E-state index contributed by atoms with van der Waals surface area (Å²) in [6, 6.07) is 3.67. The van der Waals surface area contributed by atoms with E-state index in [2.05, 4.69) is 32.2 Å². The molecule has 1 aliphatic carbocycles. The quantitative estimate of drug-likeness (QED) is 0.690. The molecule has 3 aromatic rings. The second kappa shape index (κ2) is 5.88. The number of hydrogen-bond acceptors (Lipinski definition) is 6. The first-order valence-electron chi connectivity index (χ1n) is 7.80. The lowest BCUT2D eigenvalue weighted by molar-refractivity contribution is -0.120. The minimum absolute atomic E-state index is 0.126. The molecule has 8 heteroatoms. The van der Waals surface area contributed by atoms with Crippen molar-refractivity contribution in [1.82, 2.24) is 30.1 Å². The van der Waals surface area contributed by atoms with Crippen molar-refractivity contribution in [2.75, 3.05) is 6.54 Å². The maximum atomic E-state index is 11.8. The summed E-state index contributed by atoms with van der Waals surface area (Å²) in [5.74, 6) is 2.14. The second-order valence-electron chi connectivity index (χ2n) is 5.76. The van der Waals surface area contributed by atoms with E-state index in [9.17, 15) is 4.79 Å².